The quantitative estimate of drug-likeness (QED) is 0.362. The molecule has 0 radical (unpaired) electrons. The number of nitro benzene ring substituents is 1. The van der Waals surface area contributed by atoms with Gasteiger partial charge in [-0.1, -0.05) is 11.6 Å². The van der Waals surface area contributed by atoms with Gasteiger partial charge in [-0.05, 0) is 24.3 Å². The lowest BCUT2D eigenvalue weighted by molar-refractivity contribution is -0.384. The summed E-state index contributed by atoms with van der Waals surface area (Å²) in [6.45, 7) is 0.725. The Bertz CT molecular complexity index is 752. The average molecular weight is 324 g/mol. The molecular formula is C14H10ClNO6. The Balaban J connectivity index is 2.30. The van der Waals surface area contributed by atoms with E-state index in [2.05, 4.69) is 4.74 Å². The summed E-state index contributed by atoms with van der Waals surface area (Å²) in [6.07, 6.45) is 0. The summed E-state index contributed by atoms with van der Waals surface area (Å²) in [6, 6.07) is 6.89. The number of furan rings is 1. The number of nitrogens with zero attached hydrogens (tertiary/aromatic N) is 1. The van der Waals surface area contributed by atoms with Crippen LogP contribution in [0.25, 0.3) is 11.3 Å². The smallest absolute Gasteiger partial charge is 0.303 e. The largest absolute Gasteiger partial charge is 0.457 e. The molecule has 1 aromatic heterocycles. The van der Waals surface area contributed by atoms with Crippen LogP contribution in [0.15, 0.2) is 34.7 Å². The number of hydrogen-bond donors (Lipinski definition) is 0. The number of halogens is 1. The Morgan fingerprint density at radius 3 is 2.68 bits per heavy atom. The number of esters is 1. The second-order valence-corrected chi connectivity index (χ2v) is 4.72. The number of ketones is 1. The van der Waals surface area contributed by atoms with Gasteiger partial charge in [0.15, 0.2) is 12.4 Å². The summed E-state index contributed by atoms with van der Waals surface area (Å²) in [4.78, 5) is 32.9. The van der Waals surface area contributed by atoms with Gasteiger partial charge in [0.25, 0.3) is 5.69 Å². The molecule has 1 aromatic carbocycles. The summed E-state index contributed by atoms with van der Waals surface area (Å²) >= 11 is 5.74. The molecule has 0 aliphatic carbocycles. The van der Waals surface area contributed by atoms with Crippen LogP contribution in [0.1, 0.15) is 17.5 Å². The lowest BCUT2D eigenvalue weighted by Crippen LogP contribution is -2.10. The highest BCUT2D eigenvalue weighted by molar-refractivity contribution is 6.30. The number of carbonyl (C=O) groups is 2. The fraction of sp³-hybridized carbons (Fsp3) is 0.143. The fourth-order valence-corrected chi connectivity index (χ4v) is 1.90. The molecule has 0 fully saturated rings. The van der Waals surface area contributed by atoms with E-state index in [4.69, 9.17) is 16.0 Å². The third kappa shape index (κ3) is 3.50. The summed E-state index contributed by atoms with van der Waals surface area (Å²) in [5.41, 5.74) is -0.0400. The fourth-order valence-electron chi connectivity index (χ4n) is 1.74. The third-order valence-corrected chi connectivity index (χ3v) is 2.94. The van der Waals surface area contributed by atoms with Crippen LogP contribution in [0.3, 0.4) is 0 Å². The van der Waals surface area contributed by atoms with Crippen molar-refractivity contribution in [3.05, 3.63) is 51.2 Å². The predicted octanol–water partition coefficient (Wildman–Crippen LogP) is 3.25. The summed E-state index contributed by atoms with van der Waals surface area (Å²) < 4.78 is 9.88. The number of nitro groups is 1. The lowest BCUT2D eigenvalue weighted by atomic mass is 10.1. The second kappa shape index (κ2) is 6.40. The van der Waals surface area contributed by atoms with Crippen molar-refractivity contribution in [2.75, 3.05) is 6.61 Å². The summed E-state index contributed by atoms with van der Waals surface area (Å²) in [5.74, 6) is -1.04. The van der Waals surface area contributed by atoms with Crippen LogP contribution < -0.4 is 0 Å². The zero-order valence-electron chi connectivity index (χ0n) is 11.4. The minimum Gasteiger partial charge on any atom is -0.457 e. The Labute approximate surface area is 129 Å². The number of benzene rings is 1. The highest BCUT2D eigenvalue weighted by Gasteiger charge is 2.20. The molecule has 0 saturated heterocycles. The normalized spacial score (nSPS) is 10.3. The first-order valence-corrected chi connectivity index (χ1v) is 6.47. The summed E-state index contributed by atoms with van der Waals surface area (Å²) in [7, 11) is 0. The van der Waals surface area contributed by atoms with Gasteiger partial charge in [-0.3, -0.25) is 19.7 Å². The van der Waals surface area contributed by atoms with Crippen molar-refractivity contribution in [1.82, 2.24) is 0 Å². The van der Waals surface area contributed by atoms with E-state index in [9.17, 15) is 19.7 Å². The Morgan fingerprint density at radius 1 is 1.32 bits per heavy atom. The number of carbonyl (C=O) groups excluding carboxylic acids is 2. The van der Waals surface area contributed by atoms with E-state index in [1.54, 1.807) is 0 Å². The van der Waals surface area contributed by atoms with E-state index < -0.39 is 23.3 Å². The molecule has 2 aromatic rings. The van der Waals surface area contributed by atoms with Gasteiger partial charge >= 0.3 is 5.97 Å². The topological polar surface area (TPSA) is 99.7 Å². The number of Topliss-reactive ketones (excluding diaryl/α,β-unsaturated/α-hetero) is 1. The van der Waals surface area contributed by atoms with Gasteiger partial charge in [-0.2, -0.15) is 0 Å². The van der Waals surface area contributed by atoms with Crippen LogP contribution in [0.4, 0.5) is 5.69 Å². The van der Waals surface area contributed by atoms with Gasteiger partial charge in [0.05, 0.1) is 10.5 Å². The maximum absolute atomic E-state index is 11.7. The molecule has 22 heavy (non-hydrogen) atoms. The Kier molecular flexibility index (Phi) is 4.57. The van der Waals surface area contributed by atoms with Crippen LogP contribution in [-0.4, -0.2) is 23.3 Å². The minimum atomic E-state index is -0.593. The molecule has 8 heteroatoms. The first-order chi connectivity index (χ1) is 10.4. The maximum Gasteiger partial charge on any atom is 0.303 e. The van der Waals surface area contributed by atoms with E-state index in [0.29, 0.717) is 0 Å². The van der Waals surface area contributed by atoms with Crippen LogP contribution in [-0.2, 0) is 9.53 Å². The van der Waals surface area contributed by atoms with E-state index in [0.717, 1.165) is 0 Å². The number of hydrogen-bond acceptors (Lipinski definition) is 6. The van der Waals surface area contributed by atoms with Crippen molar-refractivity contribution in [3.8, 4) is 11.3 Å². The Morgan fingerprint density at radius 2 is 2.05 bits per heavy atom. The zero-order valence-corrected chi connectivity index (χ0v) is 12.1. The minimum absolute atomic E-state index is 0.0551. The molecule has 0 unspecified atom stereocenters. The maximum atomic E-state index is 11.7. The average Bonchev–Trinajstić information content (AvgIpc) is 2.94. The highest BCUT2D eigenvalue weighted by Crippen LogP contribution is 2.33. The summed E-state index contributed by atoms with van der Waals surface area (Å²) in [5, 5.41) is 11.3. The van der Waals surface area contributed by atoms with Crippen molar-refractivity contribution >= 4 is 29.0 Å². The molecule has 0 spiro atoms. The van der Waals surface area contributed by atoms with Gasteiger partial charge in [-0.25, -0.2) is 0 Å². The lowest BCUT2D eigenvalue weighted by Gasteiger charge is -2.01. The monoisotopic (exact) mass is 323 g/mol. The van der Waals surface area contributed by atoms with Crippen molar-refractivity contribution in [3.63, 3.8) is 0 Å². The van der Waals surface area contributed by atoms with E-state index in [1.165, 1.54) is 37.3 Å². The molecule has 0 atom stereocenters. The van der Waals surface area contributed by atoms with Crippen LogP contribution in [0, 0.1) is 10.1 Å². The van der Waals surface area contributed by atoms with E-state index in [1.807, 2.05) is 0 Å². The molecule has 0 aliphatic heterocycles. The van der Waals surface area contributed by atoms with Gasteiger partial charge < -0.3 is 9.15 Å². The van der Waals surface area contributed by atoms with Gasteiger partial charge in [0.2, 0.25) is 5.78 Å². The van der Waals surface area contributed by atoms with Gasteiger partial charge in [0.1, 0.15) is 5.76 Å². The molecule has 0 N–H and O–H groups in total. The molecule has 0 aliphatic rings. The molecule has 0 amide bonds. The molecule has 7 nitrogen and oxygen atoms in total. The van der Waals surface area contributed by atoms with Crippen molar-refractivity contribution < 1.29 is 23.7 Å². The Hall–Kier alpha value is -2.67. The standard InChI is InChI=1S/C14H10ClNO6/c1-8(17)21-7-12(18)14-5-4-13(22-14)10-3-2-9(15)6-11(10)16(19)20/h2-6H,7H2,1H3. The van der Waals surface area contributed by atoms with Crippen molar-refractivity contribution in [2.45, 2.75) is 6.92 Å². The zero-order chi connectivity index (χ0) is 16.3. The van der Waals surface area contributed by atoms with Gasteiger partial charge in [0, 0.05) is 18.0 Å². The van der Waals surface area contributed by atoms with E-state index >= 15 is 0 Å². The molecule has 114 valence electrons. The first kappa shape index (κ1) is 15.7. The first-order valence-electron chi connectivity index (χ1n) is 6.09. The van der Waals surface area contributed by atoms with Crippen molar-refractivity contribution in [2.24, 2.45) is 0 Å². The van der Waals surface area contributed by atoms with Crippen LogP contribution in [0.5, 0.6) is 0 Å². The second-order valence-electron chi connectivity index (χ2n) is 4.29. The van der Waals surface area contributed by atoms with Crippen LogP contribution >= 0.6 is 11.6 Å². The van der Waals surface area contributed by atoms with Crippen LogP contribution in [0.2, 0.25) is 5.02 Å². The molecular weight excluding hydrogens is 314 g/mol. The van der Waals surface area contributed by atoms with E-state index in [-0.39, 0.29) is 27.8 Å². The molecule has 2 rings (SSSR count). The SMILES string of the molecule is CC(=O)OCC(=O)c1ccc(-c2ccc(Cl)cc2[N+](=O)[O-])o1. The number of ether oxygens (including phenoxy) is 1. The molecule has 1 heterocycles. The highest BCUT2D eigenvalue weighted by atomic mass is 35.5. The van der Waals surface area contributed by atoms with Crippen molar-refractivity contribution in [1.29, 1.82) is 0 Å². The molecule has 0 bridgehead atoms. The number of rotatable bonds is 5. The molecule has 0 saturated carbocycles. The van der Waals surface area contributed by atoms with Gasteiger partial charge in [-0.15, -0.1) is 0 Å². The third-order valence-electron chi connectivity index (χ3n) is 2.71. The predicted molar refractivity (Wildman–Crippen MR) is 76.8 cm³/mol.